The van der Waals surface area contributed by atoms with E-state index in [-0.39, 0.29) is 12.8 Å². The summed E-state index contributed by atoms with van der Waals surface area (Å²) in [4.78, 5) is 22.6. The molecule has 0 aliphatic rings. The van der Waals surface area contributed by atoms with Gasteiger partial charge in [-0.15, -0.1) is 0 Å². The number of carbonyl (C=O) groups is 2. The van der Waals surface area contributed by atoms with Gasteiger partial charge in [0.05, 0.1) is 0 Å². The highest BCUT2D eigenvalue weighted by molar-refractivity contribution is 7.80. The van der Waals surface area contributed by atoms with Crippen LogP contribution in [0.25, 0.3) is 0 Å². The number of carboxylic acids is 2. The van der Waals surface area contributed by atoms with E-state index in [1.165, 1.54) is 0 Å². The third-order valence-electron chi connectivity index (χ3n) is 3.64. The molecule has 0 fully saturated rings. The van der Waals surface area contributed by atoms with E-state index in [9.17, 15) is 19.3 Å². The van der Waals surface area contributed by atoms with Gasteiger partial charge in [-0.05, 0) is 6.42 Å². The summed E-state index contributed by atoms with van der Waals surface area (Å²) in [5, 5.41) is 19.3. The number of aliphatic carboxylic acids is 2. The van der Waals surface area contributed by atoms with Crippen molar-refractivity contribution >= 4 is 29.7 Å². The van der Waals surface area contributed by atoms with Crippen LogP contribution < -0.4 is 10.6 Å². The average molecular weight is 332 g/mol. The second-order valence-electron chi connectivity index (χ2n) is 5.12. The van der Waals surface area contributed by atoms with Crippen molar-refractivity contribution in [1.29, 1.82) is 0 Å². The molecule has 0 heterocycles. The smallest absolute Gasteiger partial charge is 0.314 e. The first kappa shape index (κ1) is 17.0. The summed E-state index contributed by atoms with van der Waals surface area (Å²) < 4.78 is 13.8. The third-order valence-corrected chi connectivity index (χ3v) is 7.12. The minimum absolute atomic E-state index is 0.189. The normalized spacial score (nSPS) is 12.5. The largest absolute Gasteiger partial charge is 0.481 e. The van der Waals surface area contributed by atoms with Gasteiger partial charge >= 0.3 is 11.9 Å². The topological polar surface area (TPSA) is 91.7 Å². The first-order valence-corrected chi connectivity index (χ1v) is 8.89. The summed E-state index contributed by atoms with van der Waals surface area (Å²) >= 11 is 0. The van der Waals surface area contributed by atoms with Crippen LogP contribution in [-0.4, -0.2) is 27.8 Å². The molecule has 2 N–H and O–H groups in total. The summed E-state index contributed by atoms with van der Waals surface area (Å²) in [7, 11) is -3.51. The van der Waals surface area contributed by atoms with Crippen molar-refractivity contribution in [3.63, 3.8) is 0 Å². The second kappa shape index (κ2) is 7.25. The summed E-state index contributed by atoms with van der Waals surface area (Å²) in [6.07, 6.45) is -0.535. The molecule has 23 heavy (non-hydrogen) atoms. The Hall–Kier alpha value is -2.39. The summed E-state index contributed by atoms with van der Waals surface area (Å²) in [5.74, 6) is -2.36. The molecule has 120 valence electrons. The van der Waals surface area contributed by atoms with Gasteiger partial charge < -0.3 is 14.8 Å². The summed E-state index contributed by atoms with van der Waals surface area (Å²) in [6, 6.07) is 16.8. The van der Waals surface area contributed by atoms with Crippen molar-refractivity contribution in [1.82, 2.24) is 0 Å². The highest BCUT2D eigenvalue weighted by atomic mass is 31.2. The van der Waals surface area contributed by atoms with Gasteiger partial charge in [0.2, 0.25) is 0 Å². The van der Waals surface area contributed by atoms with Gasteiger partial charge in [-0.25, -0.2) is 0 Å². The predicted octanol–water partition coefficient (Wildman–Crippen LogP) is 2.32. The molecule has 2 aromatic rings. The first-order valence-electron chi connectivity index (χ1n) is 7.12. The lowest BCUT2D eigenvalue weighted by Crippen LogP contribution is -2.32. The number of carboxylic acid groups (broad SMARTS) is 2. The zero-order chi connectivity index (χ0) is 16.9. The number of rotatable bonds is 7. The van der Waals surface area contributed by atoms with Crippen LogP contribution >= 0.6 is 7.14 Å². The van der Waals surface area contributed by atoms with Crippen LogP contribution in [0.2, 0.25) is 0 Å². The molecule has 6 heteroatoms. The van der Waals surface area contributed by atoms with Gasteiger partial charge in [0.15, 0.2) is 7.14 Å². The van der Waals surface area contributed by atoms with E-state index >= 15 is 0 Å². The standard InChI is InChI=1S/C17H17O5P/c18-16(19)12-11-15(17(20)21)23(22,13-7-3-1-4-8-13)14-9-5-2-6-10-14/h1-10,15H,11-12H2,(H,18,19)(H,20,21)/t15-/m1/s1. The van der Waals surface area contributed by atoms with E-state index < -0.39 is 24.7 Å². The quantitative estimate of drug-likeness (QED) is 0.759. The molecule has 0 unspecified atom stereocenters. The Morgan fingerprint density at radius 3 is 1.65 bits per heavy atom. The van der Waals surface area contributed by atoms with E-state index in [0.717, 1.165) is 0 Å². The Labute approximate surface area is 134 Å². The van der Waals surface area contributed by atoms with Crippen LogP contribution in [0, 0.1) is 0 Å². The van der Waals surface area contributed by atoms with Gasteiger partial charge in [0.1, 0.15) is 5.66 Å². The molecule has 0 aliphatic heterocycles. The Kier molecular flexibility index (Phi) is 5.35. The Morgan fingerprint density at radius 2 is 1.30 bits per heavy atom. The molecule has 5 nitrogen and oxygen atoms in total. The molecule has 0 saturated heterocycles. The maximum atomic E-state index is 13.8. The predicted molar refractivity (Wildman–Crippen MR) is 88.1 cm³/mol. The highest BCUT2D eigenvalue weighted by Gasteiger charge is 2.41. The fraction of sp³-hybridized carbons (Fsp3) is 0.176. The van der Waals surface area contributed by atoms with Crippen molar-refractivity contribution < 1.29 is 24.4 Å². The van der Waals surface area contributed by atoms with Crippen LogP contribution in [-0.2, 0) is 14.2 Å². The van der Waals surface area contributed by atoms with Gasteiger partial charge in [-0.2, -0.15) is 0 Å². The molecule has 2 aromatic carbocycles. The summed E-state index contributed by atoms with van der Waals surface area (Å²) in [6.45, 7) is 0. The number of hydrogen-bond donors (Lipinski definition) is 2. The lowest BCUT2D eigenvalue weighted by atomic mass is 10.2. The van der Waals surface area contributed by atoms with Gasteiger partial charge in [-0.1, -0.05) is 60.7 Å². The van der Waals surface area contributed by atoms with Gasteiger partial charge in [-0.3, -0.25) is 9.59 Å². The van der Waals surface area contributed by atoms with E-state index in [1.807, 2.05) is 0 Å². The lowest BCUT2D eigenvalue weighted by molar-refractivity contribution is -0.138. The SMILES string of the molecule is O=C(O)CC[C@H](C(=O)O)P(=O)(c1ccccc1)c1ccccc1. The van der Waals surface area contributed by atoms with Crippen molar-refractivity contribution in [3.8, 4) is 0 Å². The van der Waals surface area contributed by atoms with E-state index in [1.54, 1.807) is 60.7 Å². The van der Waals surface area contributed by atoms with Crippen LogP contribution in [0.1, 0.15) is 12.8 Å². The zero-order valence-corrected chi connectivity index (χ0v) is 13.2. The molecule has 0 radical (unpaired) electrons. The first-order chi connectivity index (χ1) is 11.0. The lowest BCUT2D eigenvalue weighted by Gasteiger charge is -2.25. The van der Waals surface area contributed by atoms with Crippen LogP contribution in [0.4, 0.5) is 0 Å². The van der Waals surface area contributed by atoms with E-state index in [2.05, 4.69) is 0 Å². The molecule has 0 bridgehead atoms. The molecular formula is C17H17O5P. The molecule has 2 rings (SSSR count). The minimum atomic E-state index is -3.51. The molecule has 0 saturated carbocycles. The van der Waals surface area contributed by atoms with Crippen molar-refractivity contribution in [2.75, 3.05) is 0 Å². The zero-order valence-electron chi connectivity index (χ0n) is 12.3. The minimum Gasteiger partial charge on any atom is -0.481 e. The Bertz CT molecular complexity index is 684. The molecule has 0 amide bonds. The molecule has 0 aromatic heterocycles. The Balaban J connectivity index is 2.59. The maximum Gasteiger partial charge on any atom is 0.314 e. The third kappa shape index (κ3) is 3.69. The number of hydrogen-bond acceptors (Lipinski definition) is 3. The second-order valence-corrected chi connectivity index (χ2v) is 8.09. The van der Waals surface area contributed by atoms with Crippen molar-refractivity contribution in [2.45, 2.75) is 18.5 Å². The van der Waals surface area contributed by atoms with E-state index in [0.29, 0.717) is 10.6 Å². The molecular weight excluding hydrogens is 315 g/mol. The fourth-order valence-corrected chi connectivity index (χ4v) is 5.58. The van der Waals surface area contributed by atoms with Crippen LogP contribution in [0.5, 0.6) is 0 Å². The van der Waals surface area contributed by atoms with Gasteiger partial charge in [0, 0.05) is 17.0 Å². The average Bonchev–Trinajstić information content (AvgIpc) is 2.55. The maximum absolute atomic E-state index is 13.8. The van der Waals surface area contributed by atoms with Crippen molar-refractivity contribution in [2.24, 2.45) is 0 Å². The molecule has 0 spiro atoms. The van der Waals surface area contributed by atoms with Gasteiger partial charge in [0.25, 0.3) is 0 Å². The van der Waals surface area contributed by atoms with Crippen molar-refractivity contribution in [3.05, 3.63) is 60.7 Å². The molecule has 1 atom stereocenters. The Morgan fingerprint density at radius 1 is 0.870 bits per heavy atom. The van der Waals surface area contributed by atoms with Crippen LogP contribution in [0.15, 0.2) is 60.7 Å². The molecule has 0 aliphatic carbocycles. The fourth-order valence-electron chi connectivity index (χ4n) is 2.53. The summed E-state index contributed by atoms with van der Waals surface area (Å²) in [5.41, 5.74) is -1.27. The number of benzene rings is 2. The van der Waals surface area contributed by atoms with E-state index in [4.69, 9.17) is 5.11 Å². The van der Waals surface area contributed by atoms with Crippen LogP contribution in [0.3, 0.4) is 0 Å². The monoisotopic (exact) mass is 332 g/mol. The highest BCUT2D eigenvalue weighted by Crippen LogP contribution is 2.50.